The molecule has 0 aliphatic carbocycles. The Balaban J connectivity index is 2.05. The van der Waals surface area contributed by atoms with Gasteiger partial charge in [0.2, 0.25) is 0 Å². The van der Waals surface area contributed by atoms with Gasteiger partial charge in [-0.25, -0.2) is 4.39 Å². The third kappa shape index (κ3) is 2.73. The fourth-order valence-corrected chi connectivity index (χ4v) is 2.20. The van der Waals surface area contributed by atoms with Crippen LogP contribution in [0, 0.1) is 11.7 Å². The Hall–Kier alpha value is -0.640. The average molecular weight is 244 g/mol. The van der Waals surface area contributed by atoms with Gasteiger partial charge >= 0.3 is 0 Å². The molecule has 1 aromatic carbocycles. The lowest BCUT2D eigenvalue weighted by Crippen LogP contribution is -2.39. The minimum absolute atomic E-state index is 0.164. The predicted molar refractivity (Wildman–Crippen MR) is 62.0 cm³/mol. The maximum Gasteiger partial charge on any atom is 0.141 e. The third-order valence-electron chi connectivity index (χ3n) is 3.01. The summed E-state index contributed by atoms with van der Waals surface area (Å²) in [6, 6.07) is 4.98. The molecular formula is C12H15ClFNO. The molecule has 2 atom stereocenters. The first-order valence-corrected chi connectivity index (χ1v) is 5.82. The van der Waals surface area contributed by atoms with E-state index in [0.717, 1.165) is 25.0 Å². The fourth-order valence-electron chi connectivity index (χ4n) is 1.99. The van der Waals surface area contributed by atoms with E-state index in [0.29, 0.717) is 12.5 Å². The lowest BCUT2D eigenvalue weighted by atomic mass is 9.90. The van der Waals surface area contributed by atoms with Gasteiger partial charge in [0.25, 0.3) is 0 Å². The van der Waals surface area contributed by atoms with E-state index in [-0.39, 0.29) is 16.9 Å². The van der Waals surface area contributed by atoms with Crippen molar-refractivity contribution in [1.29, 1.82) is 0 Å². The van der Waals surface area contributed by atoms with Crippen molar-refractivity contribution < 1.29 is 9.13 Å². The number of rotatable bonds is 2. The van der Waals surface area contributed by atoms with Crippen LogP contribution in [0.5, 0.6) is 0 Å². The lowest BCUT2D eigenvalue weighted by molar-refractivity contribution is 0.0422. The molecule has 0 saturated carbocycles. The van der Waals surface area contributed by atoms with E-state index in [1.54, 1.807) is 12.1 Å². The van der Waals surface area contributed by atoms with Crippen LogP contribution in [0.15, 0.2) is 18.2 Å². The van der Waals surface area contributed by atoms with Gasteiger partial charge in [-0.15, -0.1) is 0 Å². The first-order valence-electron chi connectivity index (χ1n) is 5.44. The van der Waals surface area contributed by atoms with Gasteiger partial charge in [-0.2, -0.15) is 0 Å². The van der Waals surface area contributed by atoms with E-state index in [9.17, 15) is 4.39 Å². The standard InChI is InChI=1S/C12H15ClFNO/c13-10-6-8(1-2-11(10)14)5-9-7-16-4-3-12(9)15/h1-2,6,9,12H,3-5,7,15H2. The van der Waals surface area contributed by atoms with E-state index in [2.05, 4.69) is 0 Å². The molecule has 0 bridgehead atoms. The minimum Gasteiger partial charge on any atom is -0.381 e. The molecular weight excluding hydrogens is 229 g/mol. The Morgan fingerprint density at radius 1 is 1.50 bits per heavy atom. The molecule has 0 radical (unpaired) electrons. The van der Waals surface area contributed by atoms with Crippen molar-refractivity contribution in [3.63, 3.8) is 0 Å². The molecule has 1 aliphatic heterocycles. The predicted octanol–water partition coefficient (Wildman–Crippen LogP) is 2.39. The summed E-state index contributed by atoms with van der Waals surface area (Å²) in [5.74, 6) is -0.0788. The summed E-state index contributed by atoms with van der Waals surface area (Å²) in [5.41, 5.74) is 7.02. The van der Waals surface area contributed by atoms with Crippen LogP contribution in [0.25, 0.3) is 0 Å². The van der Waals surface area contributed by atoms with Gasteiger partial charge in [-0.3, -0.25) is 0 Å². The Bertz CT molecular complexity index is 372. The van der Waals surface area contributed by atoms with Crippen molar-refractivity contribution in [2.45, 2.75) is 18.9 Å². The van der Waals surface area contributed by atoms with E-state index in [1.165, 1.54) is 6.07 Å². The number of ether oxygens (including phenoxy) is 1. The molecule has 16 heavy (non-hydrogen) atoms. The van der Waals surface area contributed by atoms with Crippen LogP contribution in [-0.4, -0.2) is 19.3 Å². The highest BCUT2D eigenvalue weighted by Gasteiger charge is 2.22. The number of halogens is 2. The van der Waals surface area contributed by atoms with Crippen LogP contribution < -0.4 is 5.73 Å². The maximum absolute atomic E-state index is 13.0. The van der Waals surface area contributed by atoms with Crippen LogP contribution in [-0.2, 0) is 11.2 Å². The van der Waals surface area contributed by atoms with E-state index >= 15 is 0 Å². The Morgan fingerprint density at radius 2 is 2.31 bits per heavy atom. The first-order chi connectivity index (χ1) is 7.66. The van der Waals surface area contributed by atoms with Crippen LogP contribution in [0.2, 0.25) is 5.02 Å². The molecule has 4 heteroatoms. The van der Waals surface area contributed by atoms with Crippen LogP contribution >= 0.6 is 11.6 Å². The van der Waals surface area contributed by atoms with E-state index in [1.807, 2.05) is 0 Å². The molecule has 1 aromatic rings. The van der Waals surface area contributed by atoms with Crippen molar-refractivity contribution in [3.8, 4) is 0 Å². The van der Waals surface area contributed by atoms with Crippen molar-refractivity contribution in [2.24, 2.45) is 11.7 Å². The van der Waals surface area contributed by atoms with Gasteiger partial charge in [0, 0.05) is 18.6 Å². The minimum atomic E-state index is -0.380. The number of benzene rings is 1. The zero-order valence-electron chi connectivity index (χ0n) is 8.96. The second-order valence-corrected chi connectivity index (χ2v) is 4.65. The Kier molecular flexibility index (Phi) is 3.79. The van der Waals surface area contributed by atoms with Crippen LogP contribution in [0.3, 0.4) is 0 Å². The average Bonchev–Trinajstić information content (AvgIpc) is 2.27. The SMILES string of the molecule is NC1CCOCC1Cc1ccc(F)c(Cl)c1. The number of nitrogens with two attached hydrogens (primary N) is 1. The zero-order valence-corrected chi connectivity index (χ0v) is 9.71. The second-order valence-electron chi connectivity index (χ2n) is 4.24. The zero-order chi connectivity index (χ0) is 11.5. The summed E-state index contributed by atoms with van der Waals surface area (Å²) >= 11 is 5.73. The van der Waals surface area contributed by atoms with Gasteiger partial charge < -0.3 is 10.5 Å². The molecule has 0 amide bonds. The molecule has 2 unspecified atom stereocenters. The Morgan fingerprint density at radius 3 is 3.00 bits per heavy atom. The van der Waals surface area contributed by atoms with Crippen LogP contribution in [0.4, 0.5) is 4.39 Å². The topological polar surface area (TPSA) is 35.2 Å². The molecule has 2 N–H and O–H groups in total. The largest absolute Gasteiger partial charge is 0.381 e. The molecule has 0 spiro atoms. The third-order valence-corrected chi connectivity index (χ3v) is 3.30. The van der Waals surface area contributed by atoms with Gasteiger partial charge in [-0.05, 0) is 30.5 Å². The maximum atomic E-state index is 13.0. The van der Waals surface area contributed by atoms with Crippen molar-refractivity contribution in [2.75, 3.05) is 13.2 Å². The first kappa shape index (κ1) is 11.8. The highest BCUT2D eigenvalue weighted by atomic mass is 35.5. The molecule has 2 rings (SSSR count). The fraction of sp³-hybridized carbons (Fsp3) is 0.500. The molecule has 1 heterocycles. The van der Waals surface area contributed by atoms with E-state index < -0.39 is 0 Å². The van der Waals surface area contributed by atoms with Gasteiger partial charge in [-0.1, -0.05) is 17.7 Å². The summed E-state index contributed by atoms with van der Waals surface area (Å²) < 4.78 is 18.4. The number of hydrogen-bond donors (Lipinski definition) is 1. The summed E-state index contributed by atoms with van der Waals surface area (Å²) in [7, 11) is 0. The van der Waals surface area contributed by atoms with Crippen molar-refractivity contribution >= 4 is 11.6 Å². The molecule has 2 nitrogen and oxygen atoms in total. The Labute approximate surface area is 99.5 Å². The molecule has 0 aromatic heterocycles. The highest BCUT2D eigenvalue weighted by molar-refractivity contribution is 6.30. The molecule has 1 fully saturated rings. The van der Waals surface area contributed by atoms with E-state index in [4.69, 9.17) is 22.1 Å². The van der Waals surface area contributed by atoms with Crippen LogP contribution in [0.1, 0.15) is 12.0 Å². The van der Waals surface area contributed by atoms with Crippen molar-refractivity contribution in [1.82, 2.24) is 0 Å². The quantitative estimate of drug-likeness (QED) is 0.866. The lowest BCUT2D eigenvalue weighted by Gasteiger charge is -2.28. The van der Waals surface area contributed by atoms with Gasteiger partial charge in [0.05, 0.1) is 11.6 Å². The molecule has 1 aliphatic rings. The molecule has 88 valence electrons. The summed E-state index contributed by atoms with van der Waals surface area (Å²) in [6.45, 7) is 1.41. The normalized spacial score (nSPS) is 25.7. The van der Waals surface area contributed by atoms with Crippen molar-refractivity contribution in [3.05, 3.63) is 34.6 Å². The monoisotopic (exact) mass is 243 g/mol. The summed E-state index contributed by atoms with van der Waals surface area (Å²) in [4.78, 5) is 0. The summed E-state index contributed by atoms with van der Waals surface area (Å²) in [5, 5.41) is 0.169. The van der Waals surface area contributed by atoms with Gasteiger partial charge in [0.1, 0.15) is 5.82 Å². The summed E-state index contributed by atoms with van der Waals surface area (Å²) in [6.07, 6.45) is 1.68. The molecule has 1 saturated heterocycles. The smallest absolute Gasteiger partial charge is 0.141 e. The highest BCUT2D eigenvalue weighted by Crippen LogP contribution is 2.22. The van der Waals surface area contributed by atoms with Gasteiger partial charge in [0.15, 0.2) is 0 Å². The number of hydrogen-bond acceptors (Lipinski definition) is 2. The second kappa shape index (κ2) is 5.13.